The summed E-state index contributed by atoms with van der Waals surface area (Å²) in [5, 5.41) is 40.2. The highest BCUT2D eigenvalue weighted by molar-refractivity contribution is 5.89. The van der Waals surface area contributed by atoms with Crippen LogP contribution in [-0.2, 0) is 15.3 Å². The van der Waals surface area contributed by atoms with Crippen molar-refractivity contribution in [3.8, 4) is 41.2 Å². The van der Waals surface area contributed by atoms with E-state index in [9.17, 15) is 15.8 Å². The second kappa shape index (κ2) is 8.64. The van der Waals surface area contributed by atoms with Crippen LogP contribution in [0, 0.1) is 56.2 Å². The zero-order chi connectivity index (χ0) is 26.3. The lowest BCUT2D eigenvalue weighted by Crippen LogP contribution is -2.57. The molecule has 4 rings (SSSR count). The Labute approximate surface area is 208 Å². The first kappa shape index (κ1) is 24.7. The van der Waals surface area contributed by atoms with Crippen molar-refractivity contribution in [2.45, 2.75) is 18.8 Å². The fraction of sp³-hybridized carbons (Fsp3) is 0.385. The highest BCUT2D eigenvalue weighted by atomic mass is 16.7. The van der Waals surface area contributed by atoms with Gasteiger partial charge in [-0.05, 0) is 36.4 Å². The van der Waals surface area contributed by atoms with Gasteiger partial charge in [0, 0.05) is 11.1 Å². The Morgan fingerprint density at radius 2 is 1.47 bits per heavy atom. The first-order valence-corrected chi connectivity index (χ1v) is 10.9. The third kappa shape index (κ3) is 2.81. The number of hydrogen-bond donors (Lipinski definition) is 1. The number of benzene rings is 2. The summed E-state index contributed by atoms with van der Waals surface area (Å²) in [5.74, 6) is -1.75. The fourth-order valence-electron chi connectivity index (χ4n) is 5.30. The van der Waals surface area contributed by atoms with Gasteiger partial charge in [0.1, 0.15) is 11.9 Å². The zero-order valence-corrected chi connectivity index (χ0v) is 20.4. The molecule has 2 fully saturated rings. The van der Waals surface area contributed by atoms with Crippen molar-refractivity contribution < 1.29 is 28.4 Å². The Kier molecular flexibility index (Phi) is 5.92. The van der Waals surface area contributed by atoms with Gasteiger partial charge in [0.05, 0.1) is 52.6 Å². The van der Waals surface area contributed by atoms with Gasteiger partial charge in [-0.15, -0.1) is 0 Å². The standard InChI is InChI=1S/C26H24N4O6/c1-15-25(14-29)23(30)36-26(15,16-6-8-17(31-2)9-7-16)35-22(24(25,12-27)13-28)18-10-11-19(32-3)21(34-5)20(18)33-4/h6-11,15,22,30H,1-5H3. The van der Waals surface area contributed by atoms with Gasteiger partial charge in [-0.2, -0.15) is 15.8 Å². The van der Waals surface area contributed by atoms with Gasteiger partial charge in [0.25, 0.3) is 0 Å². The maximum atomic E-state index is 10.5. The summed E-state index contributed by atoms with van der Waals surface area (Å²) in [5.41, 5.74) is -3.37. The Morgan fingerprint density at radius 1 is 0.833 bits per heavy atom. The van der Waals surface area contributed by atoms with Crippen LogP contribution in [0.25, 0.3) is 0 Å². The summed E-state index contributed by atoms with van der Waals surface area (Å²) < 4.78 is 34.3. The molecular weight excluding hydrogens is 464 g/mol. The number of fused-ring (bicyclic) bond motifs is 2. The monoisotopic (exact) mass is 488 g/mol. The van der Waals surface area contributed by atoms with Gasteiger partial charge >= 0.3 is 0 Å². The average Bonchev–Trinajstić information content (AvgIpc) is 3.08. The molecule has 0 aromatic heterocycles. The number of hydrogen-bond acceptors (Lipinski definition) is 10. The molecule has 2 aromatic rings. The quantitative estimate of drug-likeness (QED) is 0.639. The number of nitriles is 3. The maximum Gasteiger partial charge on any atom is 0.244 e. The third-order valence-electron chi connectivity index (χ3n) is 7.18. The van der Waals surface area contributed by atoms with E-state index in [1.165, 1.54) is 28.4 Å². The van der Waals surface area contributed by atoms with Crippen molar-refractivity contribution in [1.29, 1.82) is 21.2 Å². The molecule has 2 saturated heterocycles. The SMILES string of the molecule is COc1ccc(C23OC(=N)C(C#N)(C2C)C(C#N)(C#N)C(c2ccc(OC)c(OC)c2OC)O3)cc1. The predicted molar refractivity (Wildman–Crippen MR) is 124 cm³/mol. The minimum atomic E-state index is -2.17. The molecule has 2 aliphatic heterocycles. The van der Waals surface area contributed by atoms with Crippen LogP contribution >= 0.6 is 0 Å². The van der Waals surface area contributed by atoms with Crippen LogP contribution in [0.3, 0.4) is 0 Å². The molecule has 0 aliphatic carbocycles. The number of ether oxygens (including phenoxy) is 6. The molecule has 4 atom stereocenters. The van der Waals surface area contributed by atoms with E-state index in [1.807, 2.05) is 12.1 Å². The maximum absolute atomic E-state index is 10.5. The number of methoxy groups -OCH3 is 4. The number of nitrogens with one attached hydrogen (secondary N) is 1. The highest BCUT2D eigenvalue weighted by Gasteiger charge is 2.80. The van der Waals surface area contributed by atoms with Crippen LogP contribution in [0.2, 0.25) is 0 Å². The minimum Gasteiger partial charge on any atom is -0.497 e. The van der Waals surface area contributed by atoms with E-state index in [0.717, 1.165) is 0 Å². The number of rotatable bonds is 6. The van der Waals surface area contributed by atoms with Crippen LogP contribution in [-0.4, -0.2) is 34.3 Å². The van der Waals surface area contributed by atoms with Crippen molar-refractivity contribution in [3.63, 3.8) is 0 Å². The van der Waals surface area contributed by atoms with E-state index in [1.54, 1.807) is 43.3 Å². The molecule has 4 unspecified atom stereocenters. The van der Waals surface area contributed by atoms with E-state index in [2.05, 4.69) is 6.07 Å². The summed E-state index contributed by atoms with van der Waals surface area (Å²) in [4.78, 5) is 0. The van der Waals surface area contributed by atoms with Gasteiger partial charge in [-0.1, -0.05) is 6.92 Å². The van der Waals surface area contributed by atoms with Crippen molar-refractivity contribution in [2.75, 3.05) is 28.4 Å². The summed E-state index contributed by atoms with van der Waals surface area (Å²) in [6, 6.07) is 16.1. The average molecular weight is 489 g/mol. The Balaban J connectivity index is 2.06. The van der Waals surface area contributed by atoms with Crippen LogP contribution in [0.5, 0.6) is 23.0 Å². The van der Waals surface area contributed by atoms with Gasteiger partial charge in [0.2, 0.25) is 22.8 Å². The van der Waals surface area contributed by atoms with Gasteiger partial charge < -0.3 is 28.4 Å². The lowest BCUT2D eigenvalue weighted by atomic mass is 9.53. The van der Waals surface area contributed by atoms with Crippen LogP contribution in [0.1, 0.15) is 24.2 Å². The fourth-order valence-corrected chi connectivity index (χ4v) is 5.30. The highest BCUT2D eigenvalue weighted by Crippen LogP contribution is 2.70. The van der Waals surface area contributed by atoms with E-state index >= 15 is 0 Å². The van der Waals surface area contributed by atoms with Gasteiger partial charge in [-0.3, -0.25) is 5.41 Å². The Bertz CT molecular complexity index is 1320. The number of nitrogens with zero attached hydrogens (tertiary/aromatic N) is 3. The summed E-state index contributed by atoms with van der Waals surface area (Å²) in [7, 11) is 5.82. The molecule has 184 valence electrons. The first-order valence-electron chi connectivity index (χ1n) is 10.9. The zero-order valence-electron chi connectivity index (χ0n) is 20.4. The molecule has 36 heavy (non-hydrogen) atoms. The second-order valence-corrected chi connectivity index (χ2v) is 8.42. The molecule has 0 radical (unpaired) electrons. The van der Waals surface area contributed by atoms with Crippen molar-refractivity contribution >= 4 is 5.90 Å². The van der Waals surface area contributed by atoms with Crippen molar-refractivity contribution in [1.82, 2.24) is 0 Å². The Morgan fingerprint density at radius 3 is 1.97 bits per heavy atom. The molecule has 0 spiro atoms. The van der Waals surface area contributed by atoms with Crippen molar-refractivity contribution in [3.05, 3.63) is 47.5 Å². The van der Waals surface area contributed by atoms with E-state index in [-0.39, 0.29) is 17.1 Å². The van der Waals surface area contributed by atoms with Gasteiger partial charge in [-0.25, -0.2) is 0 Å². The minimum absolute atomic E-state index is 0.162. The van der Waals surface area contributed by atoms with Crippen LogP contribution in [0.4, 0.5) is 0 Å². The van der Waals surface area contributed by atoms with E-state index < -0.39 is 34.5 Å². The first-order chi connectivity index (χ1) is 17.3. The predicted octanol–water partition coefficient (Wildman–Crippen LogP) is 3.83. The topological polar surface area (TPSA) is 151 Å². The molecule has 10 heteroatoms. The second-order valence-electron chi connectivity index (χ2n) is 8.42. The lowest BCUT2D eigenvalue weighted by molar-refractivity contribution is -0.288. The third-order valence-corrected chi connectivity index (χ3v) is 7.18. The smallest absolute Gasteiger partial charge is 0.244 e. The molecular formula is C26H24N4O6. The molecule has 10 nitrogen and oxygen atoms in total. The molecule has 0 saturated carbocycles. The molecule has 2 heterocycles. The lowest BCUT2D eigenvalue weighted by Gasteiger charge is -2.49. The van der Waals surface area contributed by atoms with Gasteiger partial charge in [0.15, 0.2) is 16.9 Å². The van der Waals surface area contributed by atoms with E-state index in [0.29, 0.717) is 17.1 Å². The molecule has 2 aromatic carbocycles. The molecule has 1 N–H and O–H groups in total. The Hall–Kier alpha value is -4.46. The van der Waals surface area contributed by atoms with Crippen LogP contribution < -0.4 is 18.9 Å². The van der Waals surface area contributed by atoms with E-state index in [4.69, 9.17) is 33.8 Å². The summed E-state index contributed by atoms with van der Waals surface area (Å²) >= 11 is 0. The largest absolute Gasteiger partial charge is 0.497 e. The van der Waals surface area contributed by atoms with Crippen molar-refractivity contribution in [2.24, 2.45) is 16.7 Å². The van der Waals surface area contributed by atoms with Crippen LogP contribution in [0.15, 0.2) is 36.4 Å². The summed E-state index contributed by atoms with van der Waals surface area (Å²) in [6.07, 6.45) is -1.37. The normalized spacial score (nSPS) is 27.6. The summed E-state index contributed by atoms with van der Waals surface area (Å²) in [6.45, 7) is 1.64. The molecule has 2 aliphatic rings. The molecule has 2 bridgehead atoms. The molecule has 0 amide bonds.